The summed E-state index contributed by atoms with van der Waals surface area (Å²) in [7, 11) is 0. The first kappa shape index (κ1) is 11.1. The first-order chi connectivity index (χ1) is 7.75. The lowest BCUT2D eigenvalue weighted by Crippen LogP contribution is -2.52. The van der Waals surface area contributed by atoms with Crippen molar-refractivity contribution in [1.29, 1.82) is 0 Å². The van der Waals surface area contributed by atoms with Crippen LogP contribution in [-0.4, -0.2) is 25.0 Å². The van der Waals surface area contributed by atoms with Crippen molar-refractivity contribution in [3.8, 4) is 0 Å². The van der Waals surface area contributed by atoms with Crippen molar-refractivity contribution in [1.82, 2.24) is 10.6 Å². The molecule has 1 fully saturated rings. The first-order valence-corrected chi connectivity index (χ1v) is 5.51. The van der Waals surface area contributed by atoms with Gasteiger partial charge in [0.2, 0.25) is 5.91 Å². The Morgan fingerprint density at radius 1 is 1.38 bits per heavy atom. The summed E-state index contributed by atoms with van der Waals surface area (Å²) >= 11 is 0. The predicted molar refractivity (Wildman–Crippen MR) is 59.5 cm³/mol. The fourth-order valence-corrected chi connectivity index (χ4v) is 1.88. The SMILES string of the molecule is O=C1NCCNC1CCc1cccc(F)c1. The lowest BCUT2D eigenvalue weighted by atomic mass is 10.0. The minimum atomic E-state index is -0.224. The molecule has 0 bridgehead atoms. The second kappa shape index (κ2) is 5.07. The molecule has 3 nitrogen and oxygen atoms in total. The van der Waals surface area contributed by atoms with Gasteiger partial charge in [0.1, 0.15) is 5.82 Å². The number of aryl methyl sites for hydroxylation is 1. The topological polar surface area (TPSA) is 41.1 Å². The third-order valence-corrected chi connectivity index (χ3v) is 2.74. The van der Waals surface area contributed by atoms with Crippen LogP contribution in [-0.2, 0) is 11.2 Å². The quantitative estimate of drug-likeness (QED) is 0.796. The number of nitrogens with one attached hydrogen (secondary N) is 2. The van der Waals surface area contributed by atoms with Crippen LogP contribution in [0.2, 0.25) is 0 Å². The molecule has 2 N–H and O–H groups in total. The number of carbonyl (C=O) groups is 1. The van der Waals surface area contributed by atoms with Crippen molar-refractivity contribution in [2.45, 2.75) is 18.9 Å². The highest BCUT2D eigenvalue weighted by Crippen LogP contribution is 2.08. The van der Waals surface area contributed by atoms with E-state index in [1.165, 1.54) is 12.1 Å². The Balaban J connectivity index is 1.89. The van der Waals surface area contributed by atoms with E-state index in [9.17, 15) is 9.18 Å². The second-order valence-corrected chi connectivity index (χ2v) is 3.97. The summed E-state index contributed by atoms with van der Waals surface area (Å²) in [4.78, 5) is 11.4. The highest BCUT2D eigenvalue weighted by atomic mass is 19.1. The van der Waals surface area contributed by atoms with Gasteiger partial charge < -0.3 is 10.6 Å². The van der Waals surface area contributed by atoms with Gasteiger partial charge in [-0.05, 0) is 30.5 Å². The van der Waals surface area contributed by atoms with Gasteiger partial charge >= 0.3 is 0 Å². The van der Waals surface area contributed by atoms with Crippen LogP contribution >= 0.6 is 0 Å². The zero-order chi connectivity index (χ0) is 11.4. The maximum atomic E-state index is 12.9. The van der Waals surface area contributed by atoms with Crippen LogP contribution in [0.3, 0.4) is 0 Å². The van der Waals surface area contributed by atoms with Crippen LogP contribution in [0, 0.1) is 5.82 Å². The maximum Gasteiger partial charge on any atom is 0.237 e. The van der Waals surface area contributed by atoms with Crippen LogP contribution in [0.15, 0.2) is 24.3 Å². The molecule has 1 saturated heterocycles. The number of hydrogen-bond acceptors (Lipinski definition) is 2. The van der Waals surface area contributed by atoms with Gasteiger partial charge in [0.25, 0.3) is 0 Å². The van der Waals surface area contributed by atoms with E-state index in [2.05, 4.69) is 10.6 Å². The lowest BCUT2D eigenvalue weighted by Gasteiger charge is -2.23. The second-order valence-electron chi connectivity index (χ2n) is 3.97. The molecule has 0 saturated carbocycles. The van der Waals surface area contributed by atoms with E-state index in [-0.39, 0.29) is 17.8 Å². The van der Waals surface area contributed by atoms with Crippen LogP contribution in [0.1, 0.15) is 12.0 Å². The standard InChI is InChI=1S/C12H15FN2O/c13-10-3-1-2-9(8-10)4-5-11-12(16)15-7-6-14-11/h1-3,8,11,14H,4-7H2,(H,15,16). The Bertz CT molecular complexity index is 381. The molecule has 1 aliphatic heterocycles. The largest absolute Gasteiger partial charge is 0.353 e. The van der Waals surface area contributed by atoms with Gasteiger partial charge in [0.05, 0.1) is 6.04 Å². The zero-order valence-electron chi connectivity index (χ0n) is 9.00. The van der Waals surface area contributed by atoms with E-state index in [1.807, 2.05) is 6.07 Å². The smallest absolute Gasteiger partial charge is 0.237 e. The van der Waals surface area contributed by atoms with Gasteiger partial charge in [0, 0.05) is 13.1 Å². The predicted octanol–water partition coefficient (Wildman–Crippen LogP) is 0.846. The maximum absolute atomic E-state index is 12.9. The van der Waals surface area contributed by atoms with Gasteiger partial charge in [0.15, 0.2) is 0 Å². The molecule has 1 aliphatic rings. The number of halogens is 1. The summed E-state index contributed by atoms with van der Waals surface area (Å²) in [5, 5.41) is 5.95. The van der Waals surface area contributed by atoms with Gasteiger partial charge in [-0.1, -0.05) is 12.1 Å². The molecule has 0 aromatic heterocycles. The van der Waals surface area contributed by atoms with Crippen LogP contribution in [0.5, 0.6) is 0 Å². The molecule has 86 valence electrons. The Morgan fingerprint density at radius 3 is 3.00 bits per heavy atom. The zero-order valence-corrected chi connectivity index (χ0v) is 9.00. The molecule has 1 unspecified atom stereocenters. The summed E-state index contributed by atoms with van der Waals surface area (Å²) in [6.45, 7) is 1.49. The Hall–Kier alpha value is -1.42. The van der Waals surface area contributed by atoms with Crippen molar-refractivity contribution >= 4 is 5.91 Å². The molecule has 16 heavy (non-hydrogen) atoms. The first-order valence-electron chi connectivity index (χ1n) is 5.51. The highest BCUT2D eigenvalue weighted by Gasteiger charge is 2.20. The Kier molecular flexibility index (Phi) is 3.51. The fourth-order valence-electron chi connectivity index (χ4n) is 1.88. The summed E-state index contributed by atoms with van der Waals surface area (Å²) in [5.74, 6) is -0.179. The molecule has 2 rings (SSSR count). The number of carbonyl (C=O) groups excluding carboxylic acids is 1. The lowest BCUT2D eigenvalue weighted by molar-refractivity contribution is -0.124. The average Bonchev–Trinajstić information content (AvgIpc) is 2.28. The van der Waals surface area contributed by atoms with Crippen molar-refractivity contribution in [2.24, 2.45) is 0 Å². The molecule has 0 aliphatic carbocycles. The third-order valence-electron chi connectivity index (χ3n) is 2.74. The molecule has 4 heteroatoms. The summed E-state index contributed by atoms with van der Waals surface area (Å²) in [6.07, 6.45) is 1.41. The molecule has 0 radical (unpaired) electrons. The van der Waals surface area contributed by atoms with Crippen molar-refractivity contribution < 1.29 is 9.18 Å². The number of piperazine rings is 1. The van der Waals surface area contributed by atoms with Crippen LogP contribution in [0.25, 0.3) is 0 Å². The van der Waals surface area contributed by atoms with E-state index in [0.29, 0.717) is 19.4 Å². The molecule has 0 spiro atoms. The van der Waals surface area contributed by atoms with Crippen LogP contribution < -0.4 is 10.6 Å². The number of rotatable bonds is 3. The number of hydrogen-bond donors (Lipinski definition) is 2. The van der Waals surface area contributed by atoms with Gasteiger partial charge in [-0.15, -0.1) is 0 Å². The van der Waals surface area contributed by atoms with Gasteiger partial charge in [-0.25, -0.2) is 4.39 Å². The Morgan fingerprint density at radius 2 is 2.25 bits per heavy atom. The normalized spacial score (nSPS) is 20.6. The molecule has 1 aromatic carbocycles. The number of amides is 1. The van der Waals surface area contributed by atoms with Crippen molar-refractivity contribution in [2.75, 3.05) is 13.1 Å². The molecule has 1 heterocycles. The van der Waals surface area contributed by atoms with Crippen molar-refractivity contribution in [3.05, 3.63) is 35.6 Å². The number of benzene rings is 1. The van der Waals surface area contributed by atoms with E-state index < -0.39 is 0 Å². The third kappa shape index (κ3) is 2.79. The van der Waals surface area contributed by atoms with Crippen LogP contribution in [0.4, 0.5) is 4.39 Å². The summed E-state index contributed by atoms with van der Waals surface area (Å²) in [6, 6.07) is 6.37. The molecule has 1 aromatic rings. The monoisotopic (exact) mass is 222 g/mol. The summed E-state index contributed by atoms with van der Waals surface area (Å²) in [5.41, 5.74) is 0.931. The molecule has 1 amide bonds. The minimum absolute atomic E-state index is 0.0441. The highest BCUT2D eigenvalue weighted by molar-refractivity contribution is 5.82. The van der Waals surface area contributed by atoms with E-state index in [1.54, 1.807) is 6.07 Å². The average molecular weight is 222 g/mol. The van der Waals surface area contributed by atoms with Crippen molar-refractivity contribution in [3.63, 3.8) is 0 Å². The van der Waals surface area contributed by atoms with E-state index in [4.69, 9.17) is 0 Å². The fraction of sp³-hybridized carbons (Fsp3) is 0.417. The molecular formula is C12H15FN2O. The summed E-state index contributed by atoms with van der Waals surface area (Å²) < 4.78 is 12.9. The Labute approximate surface area is 94.0 Å². The van der Waals surface area contributed by atoms with Gasteiger partial charge in [-0.2, -0.15) is 0 Å². The van der Waals surface area contributed by atoms with E-state index >= 15 is 0 Å². The molecular weight excluding hydrogens is 207 g/mol. The minimum Gasteiger partial charge on any atom is -0.353 e. The molecule has 1 atom stereocenters. The van der Waals surface area contributed by atoms with E-state index in [0.717, 1.165) is 12.1 Å². The van der Waals surface area contributed by atoms with Gasteiger partial charge in [-0.3, -0.25) is 4.79 Å².